The van der Waals surface area contributed by atoms with Gasteiger partial charge in [0.1, 0.15) is 12.4 Å². The summed E-state index contributed by atoms with van der Waals surface area (Å²) >= 11 is 0. The smallest absolute Gasteiger partial charge is 0.223 e. The standard InChI is InChI=1S/C20H25N3O2/c24-20(22-16-18-6-4-5-11-21-18)17-9-12-23(13-10-17)14-15-25-19-7-2-1-3-8-19/h1-8,11,17H,9-10,12-16H2,(H,22,24). The van der Waals surface area contributed by atoms with Crippen LogP contribution >= 0.6 is 0 Å². The van der Waals surface area contributed by atoms with E-state index in [0.717, 1.165) is 43.9 Å². The lowest BCUT2D eigenvalue weighted by Crippen LogP contribution is -2.41. The largest absolute Gasteiger partial charge is 0.492 e. The molecular weight excluding hydrogens is 314 g/mol. The van der Waals surface area contributed by atoms with Crippen molar-refractivity contribution in [2.75, 3.05) is 26.2 Å². The zero-order valence-corrected chi connectivity index (χ0v) is 14.4. The number of hydrogen-bond acceptors (Lipinski definition) is 4. The van der Waals surface area contributed by atoms with Gasteiger partial charge in [-0.15, -0.1) is 0 Å². The van der Waals surface area contributed by atoms with Crippen LogP contribution in [0.3, 0.4) is 0 Å². The summed E-state index contributed by atoms with van der Waals surface area (Å²) < 4.78 is 5.74. The van der Waals surface area contributed by atoms with Crippen LogP contribution in [0.15, 0.2) is 54.7 Å². The molecule has 1 saturated heterocycles. The van der Waals surface area contributed by atoms with Crippen LogP contribution < -0.4 is 10.1 Å². The van der Waals surface area contributed by atoms with Crippen molar-refractivity contribution in [3.05, 3.63) is 60.4 Å². The van der Waals surface area contributed by atoms with Crippen LogP contribution in [0.4, 0.5) is 0 Å². The third-order valence-electron chi connectivity index (χ3n) is 4.55. The second-order valence-corrected chi connectivity index (χ2v) is 6.32. The van der Waals surface area contributed by atoms with Gasteiger partial charge in [0, 0.05) is 18.7 Å². The van der Waals surface area contributed by atoms with Crippen LogP contribution in [-0.4, -0.2) is 42.0 Å². The maximum absolute atomic E-state index is 12.3. The molecule has 0 spiro atoms. The van der Waals surface area contributed by atoms with E-state index in [1.54, 1.807) is 6.20 Å². The first-order valence-electron chi connectivity index (χ1n) is 8.89. The summed E-state index contributed by atoms with van der Waals surface area (Å²) in [5.41, 5.74) is 0.895. The number of nitrogens with one attached hydrogen (secondary N) is 1. The SMILES string of the molecule is O=C(NCc1ccccn1)C1CCN(CCOc2ccccc2)CC1. The Morgan fingerprint density at radius 3 is 2.60 bits per heavy atom. The first-order valence-corrected chi connectivity index (χ1v) is 8.89. The van der Waals surface area contributed by atoms with Crippen LogP contribution in [0, 0.1) is 5.92 Å². The van der Waals surface area contributed by atoms with Gasteiger partial charge in [-0.25, -0.2) is 0 Å². The van der Waals surface area contributed by atoms with Gasteiger partial charge < -0.3 is 10.1 Å². The summed E-state index contributed by atoms with van der Waals surface area (Å²) in [6, 6.07) is 15.6. The normalized spacial score (nSPS) is 15.7. The summed E-state index contributed by atoms with van der Waals surface area (Å²) in [7, 11) is 0. The van der Waals surface area contributed by atoms with Gasteiger partial charge in [0.05, 0.1) is 12.2 Å². The molecule has 25 heavy (non-hydrogen) atoms. The Kier molecular flexibility index (Phi) is 6.40. The third kappa shape index (κ3) is 5.57. The molecule has 0 saturated carbocycles. The van der Waals surface area contributed by atoms with Crippen molar-refractivity contribution in [2.24, 2.45) is 5.92 Å². The molecule has 1 aliphatic rings. The van der Waals surface area contributed by atoms with Crippen molar-refractivity contribution < 1.29 is 9.53 Å². The average Bonchev–Trinajstić information content (AvgIpc) is 2.68. The molecule has 0 unspecified atom stereocenters. The molecule has 5 nitrogen and oxygen atoms in total. The van der Waals surface area contributed by atoms with Crippen LogP contribution in [0.2, 0.25) is 0 Å². The fourth-order valence-electron chi connectivity index (χ4n) is 3.05. The molecule has 1 fully saturated rings. The van der Waals surface area contributed by atoms with Crippen LogP contribution in [0.25, 0.3) is 0 Å². The third-order valence-corrected chi connectivity index (χ3v) is 4.55. The molecule has 2 aromatic rings. The highest BCUT2D eigenvalue weighted by atomic mass is 16.5. The van der Waals surface area contributed by atoms with E-state index in [-0.39, 0.29) is 11.8 Å². The van der Waals surface area contributed by atoms with E-state index in [0.29, 0.717) is 13.2 Å². The van der Waals surface area contributed by atoms with Gasteiger partial charge in [-0.2, -0.15) is 0 Å². The number of likely N-dealkylation sites (tertiary alicyclic amines) is 1. The van der Waals surface area contributed by atoms with Crippen LogP contribution in [0.1, 0.15) is 18.5 Å². The van der Waals surface area contributed by atoms with E-state index in [1.807, 2.05) is 48.5 Å². The summed E-state index contributed by atoms with van der Waals surface area (Å²) in [5, 5.41) is 3.00. The maximum Gasteiger partial charge on any atom is 0.223 e. The molecule has 132 valence electrons. The molecule has 0 atom stereocenters. The first kappa shape index (κ1) is 17.4. The molecule has 0 radical (unpaired) electrons. The van der Waals surface area contributed by atoms with Crippen molar-refractivity contribution in [3.63, 3.8) is 0 Å². The molecule has 0 aliphatic carbocycles. The Morgan fingerprint density at radius 1 is 1.12 bits per heavy atom. The van der Waals surface area contributed by atoms with E-state index in [2.05, 4.69) is 15.2 Å². The minimum atomic E-state index is 0.106. The van der Waals surface area contributed by atoms with Gasteiger partial charge in [0.25, 0.3) is 0 Å². The molecule has 1 N–H and O–H groups in total. The van der Waals surface area contributed by atoms with Crippen molar-refractivity contribution in [1.82, 2.24) is 15.2 Å². The van der Waals surface area contributed by atoms with E-state index < -0.39 is 0 Å². The monoisotopic (exact) mass is 339 g/mol. The summed E-state index contributed by atoms with van der Waals surface area (Å²) in [4.78, 5) is 18.9. The van der Waals surface area contributed by atoms with Crippen molar-refractivity contribution >= 4 is 5.91 Å². The average molecular weight is 339 g/mol. The number of pyridine rings is 1. The zero-order chi connectivity index (χ0) is 17.3. The molecule has 3 rings (SSSR count). The highest BCUT2D eigenvalue weighted by molar-refractivity contribution is 5.78. The lowest BCUT2D eigenvalue weighted by atomic mass is 9.96. The lowest BCUT2D eigenvalue weighted by Gasteiger charge is -2.31. The van der Waals surface area contributed by atoms with E-state index in [1.165, 1.54) is 0 Å². The number of hydrogen-bond donors (Lipinski definition) is 1. The van der Waals surface area contributed by atoms with Gasteiger partial charge in [-0.3, -0.25) is 14.7 Å². The predicted octanol–water partition coefficient (Wildman–Crippen LogP) is 2.49. The number of ether oxygens (including phenoxy) is 1. The highest BCUT2D eigenvalue weighted by Crippen LogP contribution is 2.17. The summed E-state index contributed by atoms with van der Waals surface area (Å²) in [6.07, 6.45) is 3.55. The Morgan fingerprint density at radius 2 is 1.88 bits per heavy atom. The Bertz CT molecular complexity index is 641. The number of nitrogens with zero attached hydrogens (tertiary/aromatic N) is 2. The molecular formula is C20H25N3O2. The van der Waals surface area contributed by atoms with Gasteiger partial charge in [0.15, 0.2) is 0 Å². The van der Waals surface area contributed by atoms with Gasteiger partial charge >= 0.3 is 0 Å². The number of piperidine rings is 1. The number of amides is 1. The van der Waals surface area contributed by atoms with E-state index >= 15 is 0 Å². The Labute approximate surface area is 149 Å². The van der Waals surface area contributed by atoms with Crippen molar-refractivity contribution in [3.8, 4) is 5.75 Å². The molecule has 5 heteroatoms. The van der Waals surface area contributed by atoms with Gasteiger partial charge in [-0.05, 0) is 50.2 Å². The number of carbonyl (C=O) groups excluding carboxylic acids is 1. The molecule has 1 amide bonds. The second-order valence-electron chi connectivity index (χ2n) is 6.32. The number of benzene rings is 1. The van der Waals surface area contributed by atoms with Crippen LogP contribution in [-0.2, 0) is 11.3 Å². The molecule has 2 heterocycles. The van der Waals surface area contributed by atoms with Gasteiger partial charge in [-0.1, -0.05) is 24.3 Å². The van der Waals surface area contributed by atoms with E-state index in [4.69, 9.17) is 4.74 Å². The molecule has 1 aromatic heterocycles. The fraction of sp³-hybridized carbons (Fsp3) is 0.400. The fourth-order valence-corrected chi connectivity index (χ4v) is 3.05. The predicted molar refractivity (Wildman–Crippen MR) is 97.2 cm³/mol. The minimum absolute atomic E-state index is 0.106. The number of carbonyl (C=O) groups is 1. The van der Waals surface area contributed by atoms with E-state index in [9.17, 15) is 4.79 Å². The number of aromatic nitrogens is 1. The summed E-state index contributed by atoms with van der Waals surface area (Å²) in [5.74, 6) is 1.16. The second kappa shape index (κ2) is 9.18. The Hall–Kier alpha value is -2.40. The van der Waals surface area contributed by atoms with Gasteiger partial charge in [0.2, 0.25) is 5.91 Å². The number of rotatable bonds is 7. The zero-order valence-electron chi connectivity index (χ0n) is 14.4. The Balaban J connectivity index is 1.33. The molecule has 1 aliphatic heterocycles. The summed E-state index contributed by atoms with van der Waals surface area (Å²) in [6.45, 7) is 3.97. The minimum Gasteiger partial charge on any atom is -0.492 e. The lowest BCUT2D eigenvalue weighted by molar-refractivity contribution is -0.126. The number of para-hydroxylation sites is 1. The topological polar surface area (TPSA) is 54.5 Å². The first-order chi connectivity index (χ1) is 12.3. The molecule has 0 bridgehead atoms. The maximum atomic E-state index is 12.3. The quantitative estimate of drug-likeness (QED) is 0.842. The van der Waals surface area contributed by atoms with Crippen LogP contribution in [0.5, 0.6) is 5.75 Å². The van der Waals surface area contributed by atoms with Crippen molar-refractivity contribution in [1.29, 1.82) is 0 Å². The molecule has 1 aromatic carbocycles. The van der Waals surface area contributed by atoms with Crippen molar-refractivity contribution in [2.45, 2.75) is 19.4 Å². The highest BCUT2D eigenvalue weighted by Gasteiger charge is 2.24.